The van der Waals surface area contributed by atoms with Crippen molar-refractivity contribution in [3.8, 4) is 0 Å². The van der Waals surface area contributed by atoms with Gasteiger partial charge in [0, 0.05) is 9.52 Å². The minimum absolute atomic E-state index is 0.417. The molecule has 0 aliphatic heterocycles. The van der Waals surface area contributed by atoms with Crippen LogP contribution in [0.3, 0.4) is 0 Å². The normalized spacial score (nSPS) is 18.0. The van der Waals surface area contributed by atoms with E-state index in [1.807, 2.05) is 19.1 Å². The van der Waals surface area contributed by atoms with Gasteiger partial charge < -0.3 is 0 Å². The summed E-state index contributed by atoms with van der Waals surface area (Å²) in [6.45, 7) is 9.95. The van der Waals surface area contributed by atoms with Gasteiger partial charge in [0.2, 0.25) is 0 Å². The molecule has 2 unspecified atom stereocenters. The topological polar surface area (TPSA) is 0 Å². The molecule has 0 saturated carbocycles. The maximum atomic E-state index is 3.46. The summed E-state index contributed by atoms with van der Waals surface area (Å²) in [6, 6.07) is 17.7. The van der Waals surface area contributed by atoms with E-state index in [1.54, 1.807) is 17.2 Å². The van der Waals surface area contributed by atoms with Crippen LogP contribution in [0.15, 0.2) is 85.5 Å². The number of hydrogen-bond acceptors (Lipinski definition) is 0. The van der Waals surface area contributed by atoms with Crippen LogP contribution in [0.5, 0.6) is 0 Å². The van der Waals surface area contributed by atoms with Crippen molar-refractivity contribution in [2.75, 3.05) is 0 Å². The van der Waals surface area contributed by atoms with Gasteiger partial charge in [-0.1, -0.05) is 37.9 Å². The first-order chi connectivity index (χ1) is 13.2. The van der Waals surface area contributed by atoms with Gasteiger partial charge in [0.1, 0.15) is 0 Å². The molecule has 0 aromatic heterocycles. The van der Waals surface area contributed by atoms with E-state index in [-0.39, 0.29) is 0 Å². The number of rotatable bonds is 3. The van der Waals surface area contributed by atoms with Crippen LogP contribution >= 0.6 is 0 Å². The summed E-state index contributed by atoms with van der Waals surface area (Å²) >= 11 is -0.542. The summed E-state index contributed by atoms with van der Waals surface area (Å²) < 4.78 is 1.47. The van der Waals surface area contributed by atoms with Crippen LogP contribution in [0, 0.1) is 0 Å². The zero-order chi connectivity index (χ0) is 19.5. The fraction of sp³-hybridized carbons (Fsp3) is 0.200. The van der Waals surface area contributed by atoms with E-state index in [2.05, 4.69) is 92.5 Å². The first kappa shape index (κ1) is 21.8. The molecule has 4 rings (SSSR count). The summed E-state index contributed by atoms with van der Waals surface area (Å²) in [5.74, 6) is 0. The summed E-state index contributed by atoms with van der Waals surface area (Å²) in [6.07, 6.45) is 15.1. The quantitative estimate of drug-likeness (QED) is 0.365. The molecule has 0 fully saturated rings. The molecule has 0 amide bonds. The molecule has 0 heterocycles. The molecule has 27 heavy (non-hydrogen) atoms. The van der Waals surface area contributed by atoms with Gasteiger partial charge in [-0.05, 0) is 6.92 Å². The summed E-state index contributed by atoms with van der Waals surface area (Å²) in [4.78, 5) is 0. The van der Waals surface area contributed by atoms with Crippen LogP contribution < -0.4 is 0 Å². The van der Waals surface area contributed by atoms with Crippen molar-refractivity contribution in [2.45, 2.75) is 27.3 Å². The fourth-order valence-corrected chi connectivity index (χ4v) is 7.26. The van der Waals surface area contributed by atoms with Gasteiger partial charge in [-0.25, -0.2) is 0 Å². The number of hydrogen-bond donors (Lipinski definition) is 0. The van der Waals surface area contributed by atoms with Crippen molar-refractivity contribution >= 4 is 21.7 Å². The smallest absolute Gasteiger partial charge is 0.0135 e. The number of allylic oxidation sites excluding steroid dienone is 5. The Hall–Kier alpha value is -1.50. The Morgan fingerprint density at radius 2 is 1.30 bits per heavy atom. The molecule has 2 aromatic carbocycles. The molecule has 2 aliphatic carbocycles. The minimum Gasteiger partial charge on any atom is -0.0991 e. The van der Waals surface area contributed by atoms with Gasteiger partial charge in [-0.3, -0.25) is 0 Å². The fourth-order valence-electron chi connectivity index (χ4n) is 3.12. The van der Waals surface area contributed by atoms with Gasteiger partial charge >= 0.3 is 126 Å². The second-order valence-electron chi connectivity index (χ2n) is 6.57. The van der Waals surface area contributed by atoms with Crippen molar-refractivity contribution in [2.24, 2.45) is 0 Å². The summed E-state index contributed by atoms with van der Waals surface area (Å²) in [7, 11) is 0.417. The standard InChI is InChI=1S/2C9H7.C5H8.C2H8Si.Zr/c2*1-2-5-9-7-3-6-8(9)4-1;1-3-5-4-2;1-3-2;/h2*1-7H;3-5H,1H2,2H3;3H2,1-2H3;. The first-order valence-corrected chi connectivity index (χ1v) is 15.5. The maximum absolute atomic E-state index is 3.46. The van der Waals surface area contributed by atoms with Crippen LogP contribution in [0.4, 0.5) is 0 Å². The van der Waals surface area contributed by atoms with Gasteiger partial charge in [0.15, 0.2) is 0 Å². The van der Waals surface area contributed by atoms with E-state index < -0.39 is 23.2 Å². The molecule has 0 radical (unpaired) electrons. The molecular weight excluding hydrogens is 420 g/mol. The van der Waals surface area contributed by atoms with Crippen molar-refractivity contribution in [3.63, 3.8) is 0 Å². The van der Waals surface area contributed by atoms with Gasteiger partial charge in [-0.15, -0.1) is 0 Å². The zero-order valence-corrected chi connectivity index (χ0v) is 20.6. The third-order valence-corrected chi connectivity index (χ3v) is 8.53. The van der Waals surface area contributed by atoms with E-state index in [0.29, 0.717) is 9.52 Å². The van der Waals surface area contributed by atoms with Crippen LogP contribution in [0.25, 0.3) is 12.2 Å². The molecule has 0 N–H and O–H groups in total. The second-order valence-corrected chi connectivity index (χ2v) is 11.9. The van der Waals surface area contributed by atoms with E-state index >= 15 is 0 Å². The number of fused-ring (bicyclic) bond motifs is 2. The van der Waals surface area contributed by atoms with E-state index in [0.717, 1.165) is 7.25 Å². The van der Waals surface area contributed by atoms with E-state index in [9.17, 15) is 0 Å². The molecule has 138 valence electrons. The Morgan fingerprint density at radius 1 is 0.852 bits per heavy atom. The molecular formula is C25H30SiZr. The second kappa shape index (κ2) is 12.1. The van der Waals surface area contributed by atoms with Gasteiger partial charge in [0.25, 0.3) is 0 Å². The van der Waals surface area contributed by atoms with Crippen LogP contribution in [0.1, 0.15) is 36.4 Å². The minimum atomic E-state index is -0.542. The van der Waals surface area contributed by atoms with E-state index in [4.69, 9.17) is 0 Å². The molecule has 0 saturated heterocycles. The van der Waals surface area contributed by atoms with E-state index in [1.165, 1.54) is 11.1 Å². The Bertz CT molecular complexity index is 757. The average Bonchev–Trinajstić information content (AvgIpc) is 3.29. The van der Waals surface area contributed by atoms with Crippen molar-refractivity contribution in [3.05, 3.63) is 108 Å². The summed E-state index contributed by atoms with van der Waals surface area (Å²) in [5, 5.41) is 0. The molecule has 2 aromatic rings. The zero-order valence-electron chi connectivity index (χ0n) is 16.7. The van der Waals surface area contributed by atoms with Crippen molar-refractivity contribution in [1.82, 2.24) is 0 Å². The Kier molecular flexibility index (Phi) is 9.73. The third kappa shape index (κ3) is 6.26. The third-order valence-electron chi connectivity index (χ3n) is 4.29. The Balaban J connectivity index is 0.000000281. The van der Waals surface area contributed by atoms with Gasteiger partial charge in [-0.2, -0.15) is 0 Å². The predicted octanol–water partition coefficient (Wildman–Crippen LogP) is 6.61. The van der Waals surface area contributed by atoms with Gasteiger partial charge in [0.05, 0.1) is 0 Å². The molecule has 0 nitrogen and oxygen atoms in total. The van der Waals surface area contributed by atoms with Crippen LogP contribution in [-0.2, 0) is 23.2 Å². The van der Waals surface area contributed by atoms with Crippen LogP contribution in [0.2, 0.25) is 13.1 Å². The average molecular weight is 450 g/mol. The molecule has 0 bridgehead atoms. The number of benzene rings is 2. The maximum Gasteiger partial charge on any atom is 0.0135 e. The van der Waals surface area contributed by atoms with Crippen molar-refractivity contribution < 1.29 is 23.2 Å². The Morgan fingerprint density at radius 3 is 1.67 bits per heavy atom. The largest absolute Gasteiger partial charge is 0.0991 e. The van der Waals surface area contributed by atoms with Crippen LogP contribution in [-0.4, -0.2) is 9.52 Å². The SMILES string of the molecule is C1=C[CH]([Zr][CH]2C=Cc3ccccc32)c2ccccc21.C=CC=CC.C[SiH2]C. The van der Waals surface area contributed by atoms with Crippen molar-refractivity contribution in [1.29, 1.82) is 0 Å². The summed E-state index contributed by atoms with van der Waals surface area (Å²) in [5.41, 5.74) is 5.99. The monoisotopic (exact) mass is 448 g/mol. The first-order valence-electron chi connectivity index (χ1n) is 9.79. The molecule has 0 spiro atoms. The predicted molar refractivity (Wildman–Crippen MR) is 122 cm³/mol. The molecule has 2 aliphatic rings. The molecule has 2 atom stereocenters. The molecule has 2 heteroatoms. The Labute approximate surface area is 179 Å².